The Morgan fingerprint density at radius 1 is 1.40 bits per heavy atom. The lowest BCUT2D eigenvalue weighted by Crippen LogP contribution is -2.35. The van der Waals surface area contributed by atoms with Crippen molar-refractivity contribution >= 4 is 22.8 Å². The number of hydrogen-bond acceptors (Lipinski definition) is 5. The maximum atomic E-state index is 11.5. The number of fused-ring (bicyclic) bond motifs is 1. The molecule has 0 fully saturated rings. The Balaban J connectivity index is 2.09. The fourth-order valence-electron chi connectivity index (χ4n) is 1.90. The molecule has 0 amide bonds. The number of aromatic hydroxyl groups is 1. The molecule has 0 radical (unpaired) electrons. The van der Waals surface area contributed by atoms with E-state index in [-0.39, 0.29) is 12.2 Å². The number of nitrogens with one attached hydrogen (secondary N) is 1. The van der Waals surface area contributed by atoms with Gasteiger partial charge in [-0.25, -0.2) is 4.79 Å². The number of aromatic nitrogens is 1. The Bertz CT molecular complexity index is 649. The molecule has 106 valence electrons. The summed E-state index contributed by atoms with van der Waals surface area (Å²) in [5.74, 6) is -1.90. The first-order chi connectivity index (χ1) is 9.47. The number of rotatable bonds is 5. The molecule has 1 aromatic heterocycles. The summed E-state index contributed by atoms with van der Waals surface area (Å²) in [6, 6.07) is 3.86. The van der Waals surface area contributed by atoms with Crippen LogP contribution in [0.3, 0.4) is 0 Å². The number of hydrogen-bond donors (Lipinski definition) is 4. The van der Waals surface area contributed by atoms with Crippen LogP contribution in [0, 0.1) is 0 Å². The summed E-state index contributed by atoms with van der Waals surface area (Å²) in [7, 11) is 0. The van der Waals surface area contributed by atoms with Crippen LogP contribution in [0.1, 0.15) is 5.56 Å². The highest BCUT2D eigenvalue weighted by Crippen LogP contribution is 2.23. The number of carboxylic acids is 1. The zero-order chi connectivity index (χ0) is 14.7. The predicted molar refractivity (Wildman–Crippen MR) is 70.2 cm³/mol. The standard InChI is InChI=1S/C13H14N2O5/c14-10(13(19)20-6-12(17)18)3-7-5-15-11-2-1-8(16)4-9(7)11/h1-2,4-5,10,15-16H,3,6,14H2,(H,17,18)/t10-/m0/s1. The van der Waals surface area contributed by atoms with Gasteiger partial charge in [-0.2, -0.15) is 0 Å². The van der Waals surface area contributed by atoms with E-state index in [1.54, 1.807) is 24.4 Å². The summed E-state index contributed by atoms with van der Waals surface area (Å²) in [4.78, 5) is 24.8. The van der Waals surface area contributed by atoms with Crippen LogP contribution in [0.25, 0.3) is 10.9 Å². The summed E-state index contributed by atoms with van der Waals surface area (Å²) in [5, 5.41) is 18.6. The van der Waals surface area contributed by atoms with Gasteiger partial charge < -0.3 is 25.7 Å². The largest absolute Gasteiger partial charge is 0.508 e. The van der Waals surface area contributed by atoms with Gasteiger partial charge in [-0.05, 0) is 23.8 Å². The lowest BCUT2D eigenvalue weighted by Gasteiger charge is -2.09. The van der Waals surface area contributed by atoms with E-state index < -0.39 is 24.6 Å². The molecule has 0 bridgehead atoms. The monoisotopic (exact) mass is 278 g/mol. The summed E-state index contributed by atoms with van der Waals surface area (Å²) in [6.45, 7) is -0.707. The molecular formula is C13H14N2O5. The fourth-order valence-corrected chi connectivity index (χ4v) is 1.90. The van der Waals surface area contributed by atoms with Gasteiger partial charge in [0.15, 0.2) is 6.61 Å². The van der Waals surface area contributed by atoms with E-state index in [1.807, 2.05) is 0 Å². The Labute approximate surface area is 114 Å². The van der Waals surface area contributed by atoms with Crippen LogP contribution in [0.5, 0.6) is 5.75 Å². The molecular weight excluding hydrogens is 264 g/mol. The van der Waals surface area contributed by atoms with E-state index in [4.69, 9.17) is 10.8 Å². The number of esters is 1. The van der Waals surface area contributed by atoms with Gasteiger partial charge in [0.2, 0.25) is 0 Å². The molecule has 2 aromatic rings. The first-order valence-electron chi connectivity index (χ1n) is 5.90. The minimum atomic E-state index is -1.23. The first-order valence-corrected chi connectivity index (χ1v) is 5.90. The second kappa shape index (κ2) is 5.62. The minimum Gasteiger partial charge on any atom is -0.508 e. The number of benzene rings is 1. The topological polar surface area (TPSA) is 126 Å². The molecule has 1 aromatic carbocycles. The molecule has 0 aliphatic heterocycles. The zero-order valence-electron chi connectivity index (χ0n) is 10.5. The highest BCUT2D eigenvalue weighted by Gasteiger charge is 2.18. The van der Waals surface area contributed by atoms with Crippen molar-refractivity contribution in [3.63, 3.8) is 0 Å². The summed E-state index contributed by atoms with van der Waals surface area (Å²) >= 11 is 0. The molecule has 1 heterocycles. The van der Waals surface area contributed by atoms with Gasteiger partial charge in [0.25, 0.3) is 0 Å². The maximum absolute atomic E-state index is 11.5. The van der Waals surface area contributed by atoms with Crippen LogP contribution in [-0.2, 0) is 20.7 Å². The van der Waals surface area contributed by atoms with Crippen molar-refractivity contribution in [2.45, 2.75) is 12.5 Å². The SMILES string of the molecule is N[C@@H](Cc1c[nH]c2ccc(O)cc12)C(=O)OCC(=O)O. The van der Waals surface area contributed by atoms with Gasteiger partial charge >= 0.3 is 11.9 Å². The Kier molecular flexibility index (Phi) is 3.90. The van der Waals surface area contributed by atoms with Crippen molar-refractivity contribution in [2.75, 3.05) is 6.61 Å². The van der Waals surface area contributed by atoms with Crippen molar-refractivity contribution in [1.29, 1.82) is 0 Å². The molecule has 0 saturated heterocycles. The number of H-pyrrole nitrogens is 1. The molecule has 1 atom stereocenters. The Morgan fingerprint density at radius 3 is 2.85 bits per heavy atom. The third-order valence-electron chi connectivity index (χ3n) is 2.83. The van der Waals surface area contributed by atoms with E-state index in [9.17, 15) is 14.7 Å². The van der Waals surface area contributed by atoms with Crippen LogP contribution >= 0.6 is 0 Å². The lowest BCUT2D eigenvalue weighted by molar-refractivity contribution is -0.155. The van der Waals surface area contributed by atoms with Gasteiger partial charge in [0.1, 0.15) is 11.8 Å². The van der Waals surface area contributed by atoms with E-state index >= 15 is 0 Å². The normalized spacial score (nSPS) is 12.2. The smallest absolute Gasteiger partial charge is 0.341 e. The summed E-state index contributed by atoms with van der Waals surface area (Å²) in [6.07, 6.45) is 1.87. The van der Waals surface area contributed by atoms with Gasteiger partial charge in [-0.3, -0.25) is 4.79 Å². The maximum Gasteiger partial charge on any atom is 0.341 e. The number of nitrogens with two attached hydrogens (primary N) is 1. The van der Waals surface area contributed by atoms with E-state index in [1.165, 1.54) is 0 Å². The number of carbonyl (C=O) groups excluding carboxylic acids is 1. The van der Waals surface area contributed by atoms with Crippen LogP contribution in [0.4, 0.5) is 0 Å². The minimum absolute atomic E-state index is 0.111. The number of carbonyl (C=O) groups is 2. The van der Waals surface area contributed by atoms with Gasteiger partial charge in [0, 0.05) is 23.5 Å². The molecule has 5 N–H and O–H groups in total. The van der Waals surface area contributed by atoms with Crippen LogP contribution < -0.4 is 5.73 Å². The molecule has 0 aliphatic carbocycles. The van der Waals surface area contributed by atoms with Gasteiger partial charge in [-0.15, -0.1) is 0 Å². The van der Waals surface area contributed by atoms with Crippen molar-refractivity contribution in [3.05, 3.63) is 30.0 Å². The predicted octanol–water partition coefficient (Wildman–Crippen LogP) is 0.371. The van der Waals surface area contributed by atoms with E-state index in [0.29, 0.717) is 0 Å². The third kappa shape index (κ3) is 3.07. The Morgan fingerprint density at radius 2 is 2.15 bits per heavy atom. The van der Waals surface area contributed by atoms with Gasteiger partial charge in [-0.1, -0.05) is 0 Å². The number of carboxylic acid groups (broad SMARTS) is 1. The highest BCUT2D eigenvalue weighted by molar-refractivity contribution is 5.86. The van der Waals surface area contributed by atoms with Crippen molar-refractivity contribution in [3.8, 4) is 5.75 Å². The molecule has 2 rings (SSSR count). The number of ether oxygens (including phenoxy) is 1. The van der Waals surface area contributed by atoms with Crippen molar-refractivity contribution < 1.29 is 24.5 Å². The molecule has 7 heteroatoms. The number of aromatic amines is 1. The first kappa shape index (κ1) is 13.9. The molecule has 20 heavy (non-hydrogen) atoms. The number of aliphatic carboxylic acids is 1. The van der Waals surface area contributed by atoms with Crippen molar-refractivity contribution in [2.24, 2.45) is 5.73 Å². The molecule has 0 aliphatic rings. The Hall–Kier alpha value is -2.54. The number of phenolic OH excluding ortho intramolecular Hbond substituents is 1. The summed E-state index contributed by atoms with van der Waals surface area (Å²) in [5.41, 5.74) is 7.24. The second-order valence-electron chi connectivity index (χ2n) is 4.36. The fraction of sp³-hybridized carbons (Fsp3) is 0.231. The zero-order valence-corrected chi connectivity index (χ0v) is 10.5. The molecule has 0 unspecified atom stereocenters. The van der Waals surface area contributed by atoms with Crippen LogP contribution in [-0.4, -0.2) is 39.8 Å². The highest BCUT2D eigenvalue weighted by atomic mass is 16.5. The second-order valence-corrected chi connectivity index (χ2v) is 4.36. The van der Waals surface area contributed by atoms with Crippen LogP contribution in [0.15, 0.2) is 24.4 Å². The number of phenols is 1. The van der Waals surface area contributed by atoms with Crippen molar-refractivity contribution in [1.82, 2.24) is 4.98 Å². The molecule has 0 saturated carbocycles. The van der Waals surface area contributed by atoms with E-state index in [2.05, 4.69) is 9.72 Å². The lowest BCUT2D eigenvalue weighted by atomic mass is 10.1. The van der Waals surface area contributed by atoms with Gasteiger partial charge in [0.05, 0.1) is 0 Å². The average molecular weight is 278 g/mol. The summed E-state index contributed by atoms with van der Waals surface area (Å²) < 4.78 is 4.53. The average Bonchev–Trinajstić information content (AvgIpc) is 2.78. The molecule has 7 nitrogen and oxygen atoms in total. The van der Waals surface area contributed by atoms with Crippen LogP contribution in [0.2, 0.25) is 0 Å². The third-order valence-corrected chi connectivity index (χ3v) is 2.83. The molecule has 0 spiro atoms. The van der Waals surface area contributed by atoms with E-state index in [0.717, 1.165) is 16.5 Å². The quantitative estimate of drug-likeness (QED) is 0.585.